The van der Waals surface area contributed by atoms with E-state index < -0.39 is 0 Å². The molecule has 0 aliphatic carbocycles. The molecule has 0 bridgehead atoms. The number of hydrogen-bond donors (Lipinski definition) is 1. The Morgan fingerprint density at radius 3 is 2.95 bits per heavy atom. The fourth-order valence-electron chi connectivity index (χ4n) is 3.40. The molecule has 2 N–H and O–H groups in total. The lowest BCUT2D eigenvalue weighted by atomic mass is 9.95. The summed E-state index contributed by atoms with van der Waals surface area (Å²) in [5, 5.41) is 0. The minimum atomic E-state index is 0.405. The van der Waals surface area contributed by atoms with Crippen LogP contribution in [0.25, 0.3) is 0 Å². The number of pyridine rings is 1. The van der Waals surface area contributed by atoms with E-state index in [1.54, 1.807) is 0 Å². The fourth-order valence-corrected chi connectivity index (χ4v) is 4.30. The van der Waals surface area contributed by atoms with E-state index in [4.69, 9.17) is 10.7 Å². The number of rotatable bonds is 3. The van der Waals surface area contributed by atoms with Gasteiger partial charge < -0.3 is 10.6 Å². The van der Waals surface area contributed by atoms with Gasteiger partial charge in [0.05, 0.1) is 0 Å². The fraction of sp³-hybridized carbons (Fsp3) is 0.625. The second kappa shape index (κ2) is 7.33. The molecule has 0 amide bonds. The van der Waals surface area contributed by atoms with E-state index >= 15 is 0 Å². The smallest absolute Gasteiger partial charge is 0.191 e. The normalized spacial score (nSPS) is 27.3. The predicted octanol–water partition coefficient (Wildman–Crippen LogP) is 1.44. The molecule has 3 heterocycles. The second-order valence-corrected chi connectivity index (χ2v) is 7.28. The maximum atomic E-state index is 6.19. The molecule has 0 aromatic carbocycles. The summed E-state index contributed by atoms with van der Waals surface area (Å²) in [4.78, 5) is 13.6. The Morgan fingerprint density at radius 2 is 2.23 bits per heavy atom. The lowest BCUT2D eigenvalue weighted by Gasteiger charge is -2.28. The van der Waals surface area contributed by atoms with Gasteiger partial charge in [-0.25, -0.2) is 0 Å². The summed E-state index contributed by atoms with van der Waals surface area (Å²) in [5.41, 5.74) is 7.47. The minimum Gasteiger partial charge on any atom is -0.370 e. The highest BCUT2D eigenvalue weighted by Crippen LogP contribution is 2.35. The number of aromatic nitrogens is 1. The van der Waals surface area contributed by atoms with Gasteiger partial charge in [-0.3, -0.25) is 14.9 Å². The van der Waals surface area contributed by atoms with Gasteiger partial charge in [0.2, 0.25) is 0 Å². The number of guanidine groups is 1. The Bertz CT molecular complexity index is 501. The molecule has 0 saturated carbocycles. The first-order chi connectivity index (χ1) is 10.8. The van der Waals surface area contributed by atoms with Crippen LogP contribution in [-0.4, -0.2) is 65.5 Å². The van der Waals surface area contributed by atoms with Gasteiger partial charge in [0, 0.05) is 49.6 Å². The summed E-state index contributed by atoms with van der Waals surface area (Å²) in [5.74, 6) is 3.55. The van der Waals surface area contributed by atoms with Crippen LogP contribution in [0.3, 0.4) is 0 Å². The standard InChI is InChI=1S/C16H25N5S/c1-20-6-4-14(15(20)13-3-2-5-18-11-13)12-19-16(17)21-7-9-22-10-8-21/h2-3,5,11,14-15H,4,6-10,12H2,1H3,(H2,17,19)/t14-,15-/m0/s1. The Balaban J connectivity index is 1.65. The van der Waals surface area contributed by atoms with Crippen molar-refractivity contribution in [2.24, 2.45) is 16.6 Å². The maximum absolute atomic E-state index is 6.19. The van der Waals surface area contributed by atoms with Crippen molar-refractivity contribution in [3.63, 3.8) is 0 Å². The zero-order valence-electron chi connectivity index (χ0n) is 13.2. The van der Waals surface area contributed by atoms with Gasteiger partial charge in [-0.15, -0.1) is 0 Å². The van der Waals surface area contributed by atoms with Crippen LogP contribution in [0.2, 0.25) is 0 Å². The van der Waals surface area contributed by atoms with Crippen LogP contribution in [0, 0.1) is 5.92 Å². The third kappa shape index (κ3) is 3.55. The topological polar surface area (TPSA) is 57.8 Å². The highest BCUT2D eigenvalue weighted by atomic mass is 32.2. The van der Waals surface area contributed by atoms with Crippen molar-refractivity contribution < 1.29 is 0 Å². The Labute approximate surface area is 137 Å². The average molecular weight is 319 g/mol. The maximum Gasteiger partial charge on any atom is 0.191 e. The van der Waals surface area contributed by atoms with E-state index in [2.05, 4.69) is 27.9 Å². The predicted molar refractivity (Wildman–Crippen MR) is 93.1 cm³/mol. The number of hydrogen-bond acceptors (Lipinski definition) is 4. The Kier molecular flexibility index (Phi) is 5.20. The minimum absolute atomic E-state index is 0.405. The van der Waals surface area contributed by atoms with Crippen molar-refractivity contribution in [3.8, 4) is 0 Å². The highest BCUT2D eigenvalue weighted by molar-refractivity contribution is 7.99. The average Bonchev–Trinajstić information content (AvgIpc) is 2.95. The van der Waals surface area contributed by atoms with Crippen LogP contribution in [0.1, 0.15) is 18.0 Å². The third-order valence-electron chi connectivity index (χ3n) is 4.62. The number of likely N-dealkylation sites (tertiary alicyclic amines) is 1. The number of aliphatic imine (C=N–C) groups is 1. The molecular formula is C16H25N5S. The SMILES string of the molecule is CN1CC[C@@H](CN=C(N)N2CCSCC2)[C@@H]1c1cccnc1. The van der Waals surface area contributed by atoms with Crippen molar-refractivity contribution in [1.29, 1.82) is 0 Å². The molecule has 6 heteroatoms. The largest absolute Gasteiger partial charge is 0.370 e. The Morgan fingerprint density at radius 1 is 1.41 bits per heavy atom. The van der Waals surface area contributed by atoms with Crippen LogP contribution in [0.4, 0.5) is 0 Å². The third-order valence-corrected chi connectivity index (χ3v) is 5.57. The molecule has 2 fully saturated rings. The van der Waals surface area contributed by atoms with Crippen molar-refractivity contribution in [2.75, 3.05) is 44.7 Å². The van der Waals surface area contributed by atoms with Crippen LogP contribution in [-0.2, 0) is 0 Å². The van der Waals surface area contributed by atoms with Gasteiger partial charge in [-0.05, 0) is 37.6 Å². The summed E-state index contributed by atoms with van der Waals surface area (Å²) >= 11 is 1.99. The number of nitrogens with zero attached hydrogens (tertiary/aromatic N) is 4. The zero-order chi connectivity index (χ0) is 15.4. The first kappa shape index (κ1) is 15.6. The first-order valence-corrected chi connectivity index (χ1v) is 9.14. The highest BCUT2D eigenvalue weighted by Gasteiger charge is 2.33. The van der Waals surface area contributed by atoms with Crippen molar-refractivity contribution in [1.82, 2.24) is 14.8 Å². The molecule has 5 nitrogen and oxygen atoms in total. The van der Waals surface area contributed by atoms with Gasteiger partial charge in [0.15, 0.2) is 5.96 Å². The molecule has 2 aliphatic rings. The van der Waals surface area contributed by atoms with E-state index in [1.165, 1.54) is 12.0 Å². The molecule has 1 aromatic heterocycles. The molecule has 2 saturated heterocycles. The molecule has 0 unspecified atom stereocenters. The van der Waals surface area contributed by atoms with Gasteiger partial charge in [0.25, 0.3) is 0 Å². The summed E-state index contributed by atoms with van der Waals surface area (Å²) in [6.45, 7) is 3.96. The monoisotopic (exact) mass is 319 g/mol. The molecular weight excluding hydrogens is 294 g/mol. The van der Waals surface area contributed by atoms with Crippen molar-refractivity contribution >= 4 is 17.7 Å². The lowest BCUT2D eigenvalue weighted by Crippen LogP contribution is -2.43. The molecule has 2 aliphatic heterocycles. The molecule has 0 spiro atoms. The summed E-state index contributed by atoms with van der Waals surface area (Å²) in [6, 6.07) is 4.59. The van der Waals surface area contributed by atoms with E-state index in [9.17, 15) is 0 Å². The summed E-state index contributed by atoms with van der Waals surface area (Å²) < 4.78 is 0. The van der Waals surface area contributed by atoms with E-state index in [-0.39, 0.29) is 0 Å². The van der Waals surface area contributed by atoms with Crippen LogP contribution < -0.4 is 5.73 Å². The van der Waals surface area contributed by atoms with Crippen LogP contribution in [0.5, 0.6) is 0 Å². The van der Waals surface area contributed by atoms with E-state index in [0.29, 0.717) is 12.0 Å². The quantitative estimate of drug-likeness (QED) is 0.675. The van der Waals surface area contributed by atoms with Crippen LogP contribution >= 0.6 is 11.8 Å². The second-order valence-electron chi connectivity index (χ2n) is 6.06. The van der Waals surface area contributed by atoms with Crippen LogP contribution in [0.15, 0.2) is 29.5 Å². The Hall–Kier alpha value is -1.27. The van der Waals surface area contributed by atoms with Gasteiger partial charge in [-0.1, -0.05) is 6.07 Å². The molecule has 22 heavy (non-hydrogen) atoms. The molecule has 0 radical (unpaired) electrons. The van der Waals surface area contributed by atoms with Crippen molar-refractivity contribution in [2.45, 2.75) is 12.5 Å². The molecule has 2 atom stereocenters. The molecule has 120 valence electrons. The van der Waals surface area contributed by atoms with Crippen molar-refractivity contribution in [3.05, 3.63) is 30.1 Å². The number of nitrogens with two attached hydrogens (primary N) is 1. The van der Waals surface area contributed by atoms with E-state index in [1.807, 2.05) is 30.2 Å². The molecule has 3 rings (SSSR count). The molecule has 1 aromatic rings. The van der Waals surface area contributed by atoms with Gasteiger partial charge in [0.1, 0.15) is 0 Å². The summed E-state index contributed by atoms with van der Waals surface area (Å²) in [6.07, 6.45) is 4.98. The van der Waals surface area contributed by atoms with Gasteiger partial charge >= 0.3 is 0 Å². The first-order valence-electron chi connectivity index (χ1n) is 7.98. The lowest BCUT2D eigenvalue weighted by molar-refractivity contribution is 0.279. The zero-order valence-corrected chi connectivity index (χ0v) is 14.0. The van der Waals surface area contributed by atoms with Gasteiger partial charge in [-0.2, -0.15) is 11.8 Å². The summed E-state index contributed by atoms with van der Waals surface area (Å²) in [7, 11) is 2.19. The number of thioether (sulfide) groups is 1. The van der Waals surface area contributed by atoms with E-state index in [0.717, 1.165) is 43.6 Å².